The van der Waals surface area contributed by atoms with E-state index in [1.54, 1.807) is 0 Å². The summed E-state index contributed by atoms with van der Waals surface area (Å²) >= 11 is 0. The highest BCUT2D eigenvalue weighted by atomic mass is 16.3. The SMILES string of the molecule is O=C(NC12CC3CC(CC(C3)C1)C2)N1CCCCC1CCO. The Labute approximate surface area is 133 Å². The molecule has 1 aliphatic heterocycles. The van der Waals surface area contributed by atoms with E-state index in [1.165, 1.54) is 44.9 Å². The summed E-state index contributed by atoms with van der Waals surface area (Å²) in [5.41, 5.74) is 0.104. The van der Waals surface area contributed by atoms with Crippen LogP contribution in [0.15, 0.2) is 0 Å². The number of likely N-dealkylation sites (tertiary alicyclic amines) is 1. The highest BCUT2D eigenvalue weighted by Gasteiger charge is 2.52. The molecule has 5 aliphatic rings. The minimum Gasteiger partial charge on any atom is -0.396 e. The predicted molar refractivity (Wildman–Crippen MR) is 85.5 cm³/mol. The molecule has 0 spiro atoms. The van der Waals surface area contributed by atoms with Crippen LogP contribution in [0.25, 0.3) is 0 Å². The summed E-state index contributed by atoms with van der Waals surface area (Å²) in [4.78, 5) is 14.9. The molecule has 4 aliphatic carbocycles. The van der Waals surface area contributed by atoms with Gasteiger partial charge in [0, 0.05) is 24.7 Å². The molecule has 2 N–H and O–H groups in total. The maximum Gasteiger partial charge on any atom is 0.318 e. The van der Waals surface area contributed by atoms with Gasteiger partial charge in [-0.2, -0.15) is 0 Å². The van der Waals surface area contributed by atoms with E-state index in [1.807, 2.05) is 4.90 Å². The lowest BCUT2D eigenvalue weighted by Crippen LogP contribution is -2.63. The molecule has 4 nitrogen and oxygen atoms in total. The van der Waals surface area contributed by atoms with Crippen molar-refractivity contribution in [2.75, 3.05) is 13.2 Å². The van der Waals surface area contributed by atoms with Gasteiger partial charge >= 0.3 is 6.03 Å². The maximum atomic E-state index is 12.9. The average molecular weight is 306 g/mol. The average Bonchev–Trinajstić information content (AvgIpc) is 2.46. The highest BCUT2D eigenvalue weighted by molar-refractivity contribution is 5.75. The third-order valence-corrected chi connectivity index (χ3v) is 6.76. The van der Waals surface area contributed by atoms with Crippen molar-refractivity contribution in [2.24, 2.45) is 17.8 Å². The van der Waals surface area contributed by atoms with Crippen molar-refractivity contribution in [3.8, 4) is 0 Å². The van der Waals surface area contributed by atoms with Crippen molar-refractivity contribution in [3.63, 3.8) is 0 Å². The molecule has 0 aromatic carbocycles. The summed E-state index contributed by atoms with van der Waals surface area (Å²) in [6, 6.07) is 0.396. The van der Waals surface area contributed by atoms with Crippen LogP contribution in [0.3, 0.4) is 0 Å². The van der Waals surface area contributed by atoms with Crippen LogP contribution >= 0.6 is 0 Å². The monoisotopic (exact) mass is 306 g/mol. The van der Waals surface area contributed by atoms with Crippen LogP contribution in [-0.4, -0.2) is 40.8 Å². The van der Waals surface area contributed by atoms with Crippen LogP contribution in [0.4, 0.5) is 4.79 Å². The van der Waals surface area contributed by atoms with Crippen molar-refractivity contribution in [2.45, 2.75) is 75.8 Å². The lowest BCUT2D eigenvalue weighted by molar-refractivity contribution is -0.0172. The second-order valence-corrected chi connectivity index (χ2v) is 8.48. The topological polar surface area (TPSA) is 52.6 Å². The number of urea groups is 1. The summed E-state index contributed by atoms with van der Waals surface area (Å²) in [7, 11) is 0. The van der Waals surface area contributed by atoms with Crippen LogP contribution in [0.1, 0.15) is 64.2 Å². The molecule has 0 aromatic heterocycles. The fourth-order valence-electron chi connectivity index (χ4n) is 6.28. The lowest BCUT2D eigenvalue weighted by Gasteiger charge is -2.57. The first-order valence-electron chi connectivity index (χ1n) is 9.37. The molecule has 4 heteroatoms. The molecule has 0 radical (unpaired) electrons. The quantitative estimate of drug-likeness (QED) is 0.842. The number of carbonyl (C=O) groups excluding carboxylic acids is 1. The minimum atomic E-state index is 0.104. The first-order valence-corrected chi connectivity index (χ1v) is 9.37. The van der Waals surface area contributed by atoms with Crippen molar-refractivity contribution in [1.29, 1.82) is 0 Å². The zero-order chi connectivity index (χ0) is 15.2. The molecule has 1 atom stereocenters. The van der Waals surface area contributed by atoms with Crippen LogP contribution in [0.5, 0.6) is 0 Å². The number of nitrogens with zero attached hydrogens (tertiary/aromatic N) is 1. The van der Waals surface area contributed by atoms with Gasteiger partial charge < -0.3 is 15.3 Å². The number of rotatable bonds is 3. The highest BCUT2D eigenvalue weighted by Crippen LogP contribution is 2.55. The molecule has 4 bridgehead atoms. The van der Waals surface area contributed by atoms with E-state index in [0.29, 0.717) is 0 Å². The fraction of sp³-hybridized carbons (Fsp3) is 0.944. The van der Waals surface area contributed by atoms with Crippen LogP contribution in [0, 0.1) is 17.8 Å². The number of aliphatic hydroxyl groups excluding tert-OH is 1. The van der Waals surface area contributed by atoms with E-state index < -0.39 is 0 Å². The van der Waals surface area contributed by atoms with E-state index in [2.05, 4.69) is 5.32 Å². The van der Waals surface area contributed by atoms with Gasteiger partial charge in [0.15, 0.2) is 0 Å². The molecular weight excluding hydrogens is 276 g/mol. The number of amides is 2. The summed E-state index contributed by atoms with van der Waals surface area (Å²) in [5, 5.41) is 12.8. The van der Waals surface area contributed by atoms with Crippen LogP contribution in [-0.2, 0) is 0 Å². The normalized spacial score (nSPS) is 43.4. The van der Waals surface area contributed by atoms with Gasteiger partial charge in [-0.25, -0.2) is 4.79 Å². The molecule has 2 amide bonds. The van der Waals surface area contributed by atoms with Gasteiger partial charge in [0.25, 0.3) is 0 Å². The van der Waals surface area contributed by atoms with Crippen molar-refractivity contribution in [1.82, 2.24) is 10.2 Å². The Kier molecular flexibility index (Phi) is 3.83. The molecule has 22 heavy (non-hydrogen) atoms. The predicted octanol–water partition coefficient (Wildman–Crippen LogP) is 2.90. The second kappa shape index (κ2) is 5.70. The number of aliphatic hydroxyl groups is 1. The third-order valence-electron chi connectivity index (χ3n) is 6.76. The van der Waals surface area contributed by atoms with Crippen LogP contribution in [0.2, 0.25) is 0 Å². The van der Waals surface area contributed by atoms with Gasteiger partial charge in [-0.1, -0.05) is 0 Å². The van der Waals surface area contributed by atoms with Crippen molar-refractivity contribution >= 4 is 6.03 Å². The maximum absolute atomic E-state index is 12.9. The Bertz CT molecular complexity index is 400. The molecule has 1 saturated heterocycles. The standard InChI is InChI=1S/C18H30N2O2/c21-6-4-16-3-1-2-5-20(16)17(22)19-18-10-13-7-14(11-18)9-15(8-13)12-18/h13-16,21H,1-12H2,(H,19,22). The molecule has 1 unspecified atom stereocenters. The molecule has 0 aromatic rings. The Hall–Kier alpha value is -0.770. The Morgan fingerprint density at radius 3 is 2.32 bits per heavy atom. The first kappa shape index (κ1) is 14.8. The van der Waals surface area contributed by atoms with Crippen molar-refractivity contribution < 1.29 is 9.90 Å². The number of hydrogen-bond acceptors (Lipinski definition) is 2. The molecule has 124 valence electrons. The Morgan fingerprint density at radius 1 is 1.09 bits per heavy atom. The molecule has 1 heterocycles. The zero-order valence-electron chi connectivity index (χ0n) is 13.6. The van der Waals surface area contributed by atoms with E-state index in [0.717, 1.165) is 43.6 Å². The molecule has 5 rings (SSSR count). The largest absolute Gasteiger partial charge is 0.396 e. The summed E-state index contributed by atoms with van der Waals surface area (Å²) in [5.74, 6) is 2.59. The summed E-state index contributed by atoms with van der Waals surface area (Å²) in [6.45, 7) is 1.05. The Balaban J connectivity index is 1.45. The fourth-order valence-corrected chi connectivity index (χ4v) is 6.28. The second-order valence-electron chi connectivity index (χ2n) is 8.48. The van der Waals surface area contributed by atoms with Gasteiger partial charge in [-0.15, -0.1) is 0 Å². The third kappa shape index (κ3) is 2.64. The minimum absolute atomic E-state index is 0.104. The smallest absolute Gasteiger partial charge is 0.318 e. The lowest BCUT2D eigenvalue weighted by atomic mass is 9.53. The summed E-state index contributed by atoms with van der Waals surface area (Å²) < 4.78 is 0. The number of piperidine rings is 1. The van der Waals surface area contributed by atoms with E-state index >= 15 is 0 Å². The number of hydrogen-bond donors (Lipinski definition) is 2. The van der Waals surface area contributed by atoms with Crippen LogP contribution < -0.4 is 5.32 Å². The number of nitrogens with one attached hydrogen (secondary N) is 1. The van der Waals surface area contributed by atoms with E-state index in [4.69, 9.17) is 0 Å². The van der Waals surface area contributed by atoms with Gasteiger partial charge in [0.1, 0.15) is 0 Å². The molecular formula is C18H30N2O2. The summed E-state index contributed by atoms with van der Waals surface area (Å²) in [6.07, 6.45) is 11.9. The Morgan fingerprint density at radius 2 is 1.73 bits per heavy atom. The van der Waals surface area contributed by atoms with Gasteiger partial charge in [-0.05, 0) is 82.0 Å². The molecule has 4 saturated carbocycles. The van der Waals surface area contributed by atoms with E-state index in [-0.39, 0.29) is 24.2 Å². The molecule has 5 fully saturated rings. The number of carbonyl (C=O) groups is 1. The van der Waals surface area contributed by atoms with Crippen molar-refractivity contribution in [3.05, 3.63) is 0 Å². The van der Waals surface area contributed by atoms with E-state index in [9.17, 15) is 9.90 Å². The zero-order valence-corrected chi connectivity index (χ0v) is 13.6. The first-order chi connectivity index (χ1) is 10.7. The van der Waals surface area contributed by atoms with Gasteiger partial charge in [0.05, 0.1) is 0 Å². The van der Waals surface area contributed by atoms with Gasteiger partial charge in [0.2, 0.25) is 0 Å². The van der Waals surface area contributed by atoms with Gasteiger partial charge in [-0.3, -0.25) is 0 Å².